The molecule has 0 spiro atoms. The van der Waals surface area contributed by atoms with Crippen molar-refractivity contribution in [3.05, 3.63) is 130 Å². The summed E-state index contributed by atoms with van der Waals surface area (Å²) in [5.74, 6) is 0. The van der Waals surface area contributed by atoms with Crippen LogP contribution in [0.1, 0.15) is 44.5 Å². The van der Waals surface area contributed by atoms with Crippen LogP contribution in [0.4, 0.5) is 0 Å². The number of thiophene rings is 1. The minimum Gasteiger partial charge on any atom is -0.254 e. The highest BCUT2D eigenvalue weighted by Gasteiger charge is 2.33. The minimum absolute atomic E-state index is 0.955. The van der Waals surface area contributed by atoms with Crippen molar-refractivity contribution in [1.82, 2.24) is 29.9 Å². The second-order valence-corrected chi connectivity index (χ2v) is 14.6. The molecule has 0 atom stereocenters. The largest absolute Gasteiger partial charge is 0.254 e. The Labute approximate surface area is 288 Å². The van der Waals surface area contributed by atoms with Crippen LogP contribution in [0.15, 0.2) is 85.5 Å². The van der Waals surface area contributed by atoms with E-state index < -0.39 is 0 Å². The number of pyridine rings is 6. The zero-order chi connectivity index (χ0) is 32.1. The maximum atomic E-state index is 5.40. The Morgan fingerprint density at radius 3 is 0.959 bits per heavy atom. The summed E-state index contributed by atoms with van der Waals surface area (Å²) in [5, 5.41) is 0. The monoisotopic (exact) mass is 650 g/mol. The third-order valence-corrected chi connectivity index (χ3v) is 12.1. The summed E-state index contributed by atoms with van der Waals surface area (Å²) in [7, 11) is 0. The standard InChI is InChI=1S/C42H30N6S/c1-5-23-9-13-27-33(28-14-10-24-6-2-20-44-36(24)40(28)47-39(27)35(23)43-19-1)31-17-18-32(49-31)34-29-15-11-25-7-3-21-45-37(25)41(29)48-42-30(34)16-12-26-8-4-22-46-38(26)42/h1-8,17-22H,9-16H2. The van der Waals surface area contributed by atoms with Crippen molar-refractivity contribution in [3.63, 3.8) is 0 Å². The molecule has 0 fully saturated rings. The predicted molar refractivity (Wildman–Crippen MR) is 193 cm³/mol. The number of rotatable bonds is 2. The first-order valence-electron chi connectivity index (χ1n) is 17.3. The maximum absolute atomic E-state index is 5.40. The zero-order valence-corrected chi connectivity index (χ0v) is 27.6. The molecule has 7 heterocycles. The van der Waals surface area contributed by atoms with E-state index in [9.17, 15) is 0 Å². The second-order valence-electron chi connectivity index (χ2n) is 13.5. The molecule has 0 amide bonds. The summed E-state index contributed by atoms with van der Waals surface area (Å²) in [6.07, 6.45) is 15.3. The summed E-state index contributed by atoms with van der Waals surface area (Å²) in [6, 6.07) is 21.7. The molecule has 4 aliphatic rings. The van der Waals surface area contributed by atoms with E-state index in [0.717, 1.165) is 96.9 Å². The molecule has 4 aliphatic carbocycles. The second kappa shape index (κ2) is 10.5. The van der Waals surface area contributed by atoms with Crippen LogP contribution < -0.4 is 0 Å². The van der Waals surface area contributed by atoms with Gasteiger partial charge in [0.2, 0.25) is 0 Å². The fraction of sp³-hybridized carbons (Fsp3) is 0.190. The zero-order valence-electron chi connectivity index (χ0n) is 26.8. The van der Waals surface area contributed by atoms with Gasteiger partial charge in [-0.2, -0.15) is 0 Å². The first-order valence-corrected chi connectivity index (χ1v) is 18.1. The van der Waals surface area contributed by atoms with Crippen molar-refractivity contribution in [3.8, 4) is 66.4 Å². The smallest absolute Gasteiger partial charge is 0.0935 e. The normalized spacial score (nSPS) is 14.7. The molecule has 0 unspecified atom stereocenters. The van der Waals surface area contributed by atoms with E-state index >= 15 is 0 Å². The number of aromatic nitrogens is 6. The molecule has 234 valence electrons. The molecule has 49 heavy (non-hydrogen) atoms. The molecule has 0 aliphatic heterocycles. The topological polar surface area (TPSA) is 77.3 Å². The van der Waals surface area contributed by atoms with Gasteiger partial charge < -0.3 is 0 Å². The highest BCUT2D eigenvalue weighted by molar-refractivity contribution is 7.18. The third-order valence-electron chi connectivity index (χ3n) is 10.9. The molecule has 11 rings (SSSR count). The molecule has 0 saturated carbocycles. The number of hydrogen-bond donors (Lipinski definition) is 0. The molecular formula is C42H30N6S. The lowest BCUT2D eigenvalue weighted by molar-refractivity contribution is 0.878. The quantitative estimate of drug-likeness (QED) is 0.187. The minimum atomic E-state index is 0.955. The van der Waals surface area contributed by atoms with Crippen molar-refractivity contribution in [2.45, 2.75) is 51.4 Å². The van der Waals surface area contributed by atoms with Gasteiger partial charge >= 0.3 is 0 Å². The van der Waals surface area contributed by atoms with Crippen LogP contribution >= 0.6 is 11.3 Å². The third kappa shape index (κ3) is 4.05. The SMILES string of the molecule is c1cnc2c(c1)CCc1c-2nc2c(c1-c1ccc(-c3c4c(nc5c3CCc3cccnc3-5)-c3ncccc3CC4)s1)CCc1cccnc1-2. The molecule has 7 aromatic heterocycles. The van der Waals surface area contributed by atoms with E-state index in [1.54, 1.807) is 0 Å². The Bertz CT molecular complexity index is 2210. The number of nitrogens with zero attached hydrogens (tertiary/aromatic N) is 6. The molecule has 6 nitrogen and oxygen atoms in total. The van der Waals surface area contributed by atoms with Gasteiger partial charge in [0.05, 0.1) is 45.6 Å². The van der Waals surface area contributed by atoms with Crippen LogP contribution in [-0.2, 0) is 51.4 Å². The Morgan fingerprint density at radius 1 is 0.347 bits per heavy atom. The molecule has 0 N–H and O–H groups in total. The lowest BCUT2D eigenvalue weighted by atomic mass is 9.82. The van der Waals surface area contributed by atoms with Crippen molar-refractivity contribution in [2.75, 3.05) is 0 Å². The summed E-state index contributed by atoms with van der Waals surface area (Å²) in [6.45, 7) is 0. The van der Waals surface area contributed by atoms with E-state index in [1.807, 2.05) is 60.4 Å². The van der Waals surface area contributed by atoms with Gasteiger partial charge in [0, 0.05) is 45.7 Å². The number of aryl methyl sites for hydroxylation is 4. The summed E-state index contributed by atoms with van der Waals surface area (Å²) >= 11 is 1.92. The van der Waals surface area contributed by atoms with E-state index in [-0.39, 0.29) is 0 Å². The maximum Gasteiger partial charge on any atom is 0.0935 e. The van der Waals surface area contributed by atoms with Crippen molar-refractivity contribution in [2.24, 2.45) is 0 Å². The number of fused-ring (bicyclic) bond motifs is 12. The first-order chi connectivity index (χ1) is 24.3. The van der Waals surface area contributed by atoms with Crippen LogP contribution in [0.2, 0.25) is 0 Å². The summed E-state index contributed by atoms with van der Waals surface area (Å²) in [5.41, 5.74) is 21.2. The van der Waals surface area contributed by atoms with E-state index in [0.29, 0.717) is 0 Å². The van der Waals surface area contributed by atoms with Gasteiger partial charge in [0.15, 0.2) is 0 Å². The molecule has 0 saturated heterocycles. The Balaban J connectivity index is 1.16. The fourth-order valence-corrected chi connectivity index (χ4v) is 9.95. The Morgan fingerprint density at radius 2 is 0.653 bits per heavy atom. The summed E-state index contributed by atoms with van der Waals surface area (Å²) in [4.78, 5) is 33.0. The lowest BCUT2D eigenvalue weighted by Gasteiger charge is -2.28. The molecule has 0 bridgehead atoms. The van der Waals surface area contributed by atoms with Crippen molar-refractivity contribution < 1.29 is 0 Å². The van der Waals surface area contributed by atoms with Crippen molar-refractivity contribution in [1.29, 1.82) is 0 Å². The molecule has 0 aromatic carbocycles. The van der Waals surface area contributed by atoms with Crippen LogP contribution in [-0.4, -0.2) is 29.9 Å². The van der Waals surface area contributed by atoms with Gasteiger partial charge in [0.1, 0.15) is 0 Å². The Hall–Kier alpha value is -5.40. The average molecular weight is 651 g/mol. The van der Waals surface area contributed by atoms with Gasteiger partial charge in [-0.3, -0.25) is 19.9 Å². The van der Waals surface area contributed by atoms with Gasteiger partial charge in [-0.05, 0) is 132 Å². The number of hydrogen-bond acceptors (Lipinski definition) is 7. The van der Waals surface area contributed by atoms with Gasteiger partial charge in [-0.1, -0.05) is 24.3 Å². The highest BCUT2D eigenvalue weighted by Crippen LogP contribution is 2.50. The van der Waals surface area contributed by atoms with Gasteiger partial charge in [-0.25, -0.2) is 9.97 Å². The average Bonchev–Trinajstić information content (AvgIpc) is 3.65. The van der Waals surface area contributed by atoms with Crippen LogP contribution in [0, 0.1) is 0 Å². The highest BCUT2D eigenvalue weighted by atomic mass is 32.1. The molecule has 7 heteroatoms. The van der Waals surface area contributed by atoms with Crippen LogP contribution in [0.25, 0.3) is 66.4 Å². The van der Waals surface area contributed by atoms with Crippen molar-refractivity contribution >= 4 is 11.3 Å². The first kappa shape index (κ1) is 27.5. The summed E-state index contributed by atoms with van der Waals surface area (Å²) < 4.78 is 0. The van der Waals surface area contributed by atoms with Gasteiger partial charge in [-0.15, -0.1) is 11.3 Å². The van der Waals surface area contributed by atoms with E-state index in [2.05, 4.69) is 36.4 Å². The predicted octanol–water partition coefficient (Wildman–Crippen LogP) is 8.51. The molecular weight excluding hydrogens is 621 g/mol. The fourth-order valence-electron chi connectivity index (χ4n) is 8.74. The molecule has 7 aromatic rings. The van der Waals surface area contributed by atoms with Crippen LogP contribution in [0.3, 0.4) is 0 Å². The van der Waals surface area contributed by atoms with Crippen LogP contribution in [0.5, 0.6) is 0 Å². The van der Waals surface area contributed by atoms with E-state index in [4.69, 9.17) is 29.9 Å². The molecule has 0 radical (unpaired) electrons. The van der Waals surface area contributed by atoms with Gasteiger partial charge in [0.25, 0.3) is 0 Å². The lowest BCUT2D eigenvalue weighted by Crippen LogP contribution is -2.16. The Kier molecular flexibility index (Phi) is 5.93. The van der Waals surface area contributed by atoms with E-state index in [1.165, 1.54) is 65.4 Å².